The van der Waals surface area contributed by atoms with Crippen molar-refractivity contribution in [2.75, 3.05) is 11.9 Å². The highest BCUT2D eigenvalue weighted by Crippen LogP contribution is 2.39. The number of amides is 2. The van der Waals surface area contributed by atoms with Crippen LogP contribution in [0.15, 0.2) is 42.5 Å². The molecule has 0 heterocycles. The molecule has 2 atom stereocenters. The molecule has 26 heavy (non-hydrogen) atoms. The van der Waals surface area contributed by atoms with Crippen LogP contribution in [-0.2, 0) is 16.0 Å². The normalized spacial score (nSPS) is 18.3. The first-order valence-corrected chi connectivity index (χ1v) is 8.60. The van der Waals surface area contributed by atoms with Gasteiger partial charge in [-0.3, -0.25) is 9.59 Å². The van der Waals surface area contributed by atoms with E-state index in [-0.39, 0.29) is 23.4 Å². The molecule has 0 radical (unpaired) electrons. The molecule has 2 amide bonds. The number of hydrogen-bond donors (Lipinski definition) is 2. The van der Waals surface area contributed by atoms with Crippen molar-refractivity contribution in [1.29, 1.82) is 0 Å². The fraction of sp³-hybridized carbons (Fsp3) is 0.263. The van der Waals surface area contributed by atoms with E-state index in [2.05, 4.69) is 10.6 Å². The summed E-state index contributed by atoms with van der Waals surface area (Å²) >= 11 is 5.82. The standard InChI is InChI=1S/C19H17ClF2N2O2/c20-12-3-1-11(2-4-12)7-8-23-18(25)14-10-15(14)19(26)24-13-5-6-16(21)17(22)9-13/h1-6,9,14-15H,7-8,10H2,(H,23,25)(H,24,26). The second-order valence-corrected chi connectivity index (χ2v) is 6.67. The van der Waals surface area contributed by atoms with Gasteiger partial charge in [0.25, 0.3) is 0 Å². The molecule has 2 aromatic carbocycles. The lowest BCUT2D eigenvalue weighted by Crippen LogP contribution is -2.29. The van der Waals surface area contributed by atoms with E-state index in [1.54, 1.807) is 12.1 Å². The van der Waals surface area contributed by atoms with Gasteiger partial charge >= 0.3 is 0 Å². The summed E-state index contributed by atoms with van der Waals surface area (Å²) in [6.45, 7) is 0.467. The lowest BCUT2D eigenvalue weighted by atomic mass is 10.1. The molecule has 2 unspecified atom stereocenters. The van der Waals surface area contributed by atoms with Gasteiger partial charge in [0, 0.05) is 23.3 Å². The maximum absolute atomic E-state index is 13.2. The molecular formula is C19H17ClF2N2O2. The smallest absolute Gasteiger partial charge is 0.228 e. The van der Waals surface area contributed by atoms with E-state index in [1.807, 2.05) is 12.1 Å². The first-order chi connectivity index (χ1) is 12.4. The average molecular weight is 379 g/mol. The summed E-state index contributed by atoms with van der Waals surface area (Å²) in [7, 11) is 0. The quantitative estimate of drug-likeness (QED) is 0.807. The highest BCUT2D eigenvalue weighted by atomic mass is 35.5. The van der Waals surface area contributed by atoms with Crippen molar-refractivity contribution >= 4 is 29.1 Å². The van der Waals surface area contributed by atoms with Crippen LogP contribution in [0.3, 0.4) is 0 Å². The molecule has 0 bridgehead atoms. The van der Waals surface area contributed by atoms with Gasteiger partial charge in [-0.2, -0.15) is 0 Å². The van der Waals surface area contributed by atoms with Gasteiger partial charge in [-0.05, 0) is 42.7 Å². The van der Waals surface area contributed by atoms with Gasteiger partial charge in [0.1, 0.15) is 0 Å². The maximum Gasteiger partial charge on any atom is 0.228 e. The molecule has 4 nitrogen and oxygen atoms in total. The summed E-state index contributed by atoms with van der Waals surface area (Å²) in [5.74, 6) is -3.38. The van der Waals surface area contributed by atoms with Crippen molar-refractivity contribution in [2.45, 2.75) is 12.8 Å². The van der Waals surface area contributed by atoms with Crippen molar-refractivity contribution in [3.8, 4) is 0 Å². The summed E-state index contributed by atoms with van der Waals surface area (Å²) < 4.78 is 26.0. The van der Waals surface area contributed by atoms with Crippen LogP contribution in [-0.4, -0.2) is 18.4 Å². The van der Waals surface area contributed by atoms with Crippen molar-refractivity contribution < 1.29 is 18.4 Å². The van der Waals surface area contributed by atoms with Crippen LogP contribution >= 0.6 is 11.6 Å². The topological polar surface area (TPSA) is 58.2 Å². The van der Waals surface area contributed by atoms with Gasteiger partial charge in [-0.1, -0.05) is 23.7 Å². The highest BCUT2D eigenvalue weighted by Gasteiger charge is 2.47. The van der Waals surface area contributed by atoms with E-state index in [1.165, 1.54) is 6.07 Å². The minimum Gasteiger partial charge on any atom is -0.356 e. The first-order valence-electron chi connectivity index (χ1n) is 8.22. The Morgan fingerprint density at radius 2 is 1.69 bits per heavy atom. The molecule has 1 saturated carbocycles. The van der Waals surface area contributed by atoms with Gasteiger partial charge in [0.2, 0.25) is 11.8 Å². The molecule has 1 aliphatic rings. The molecule has 7 heteroatoms. The fourth-order valence-electron chi connectivity index (χ4n) is 2.70. The zero-order chi connectivity index (χ0) is 18.7. The van der Waals surface area contributed by atoms with E-state index in [9.17, 15) is 18.4 Å². The Balaban J connectivity index is 1.43. The van der Waals surface area contributed by atoms with E-state index >= 15 is 0 Å². The second kappa shape index (κ2) is 7.83. The van der Waals surface area contributed by atoms with E-state index < -0.39 is 17.6 Å². The van der Waals surface area contributed by atoms with Gasteiger partial charge < -0.3 is 10.6 Å². The Morgan fingerprint density at radius 1 is 1.00 bits per heavy atom. The molecule has 1 fully saturated rings. The number of carbonyl (C=O) groups excluding carboxylic acids is 2. The molecule has 2 N–H and O–H groups in total. The van der Waals surface area contributed by atoms with E-state index in [4.69, 9.17) is 11.6 Å². The molecule has 1 aliphatic carbocycles. The predicted octanol–water partition coefficient (Wildman–Crippen LogP) is 3.55. The highest BCUT2D eigenvalue weighted by molar-refractivity contribution is 6.30. The Hall–Kier alpha value is -2.47. The Morgan fingerprint density at radius 3 is 2.38 bits per heavy atom. The lowest BCUT2D eigenvalue weighted by Gasteiger charge is -2.07. The zero-order valence-corrected chi connectivity index (χ0v) is 14.5. The molecule has 0 spiro atoms. The number of carbonyl (C=O) groups is 2. The van der Waals surface area contributed by atoms with Gasteiger partial charge in [0.05, 0.1) is 11.8 Å². The average Bonchev–Trinajstić information content (AvgIpc) is 3.41. The lowest BCUT2D eigenvalue weighted by molar-refractivity contribution is -0.125. The monoisotopic (exact) mass is 378 g/mol. The first kappa shape index (κ1) is 18.3. The Labute approximate surface area is 154 Å². The van der Waals surface area contributed by atoms with E-state index in [0.29, 0.717) is 24.4 Å². The SMILES string of the molecule is O=C(NCCc1ccc(Cl)cc1)C1CC1C(=O)Nc1ccc(F)c(F)c1. The third-order valence-corrected chi connectivity index (χ3v) is 4.53. The largest absolute Gasteiger partial charge is 0.356 e. The van der Waals surface area contributed by atoms with Crippen LogP contribution in [0.4, 0.5) is 14.5 Å². The number of nitrogens with one attached hydrogen (secondary N) is 2. The van der Waals surface area contributed by atoms with Crippen molar-refractivity contribution in [3.63, 3.8) is 0 Å². The summed E-state index contributed by atoms with van der Waals surface area (Å²) in [6, 6.07) is 10.5. The van der Waals surface area contributed by atoms with Gasteiger partial charge in [-0.25, -0.2) is 8.78 Å². The number of hydrogen-bond acceptors (Lipinski definition) is 2. The third-order valence-electron chi connectivity index (χ3n) is 4.28. The summed E-state index contributed by atoms with van der Waals surface area (Å²) in [5, 5.41) is 5.98. The third kappa shape index (κ3) is 4.58. The van der Waals surface area contributed by atoms with Crippen LogP contribution in [0.1, 0.15) is 12.0 Å². The van der Waals surface area contributed by atoms with Gasteiger partial charge in [0.15, 0.2) is 11.6 Å². The predicted molar refractivity (Wildman–Crippen MR) is 94.8 cm³/mol. The Kier molecular flexibility index (Phi) is 5.52. The van der Waals surface area contributed by atoms with Crippen molar-refractivity contribution in [1.82, 2.24) is 5.32 Å². The minimum absolute atomic E-state index is 0.169. The zero-order valence-electron chi connectivity index (χ0n) is 13.8. The van der Waals surface area contributed by atoms with Crippen LogP contribution in [0, 0.1) is 23.5 Å². The number of rotatable bonds is 6. The molecule has 2 aromatic rings. The molecular weight excluding hydrogens is 362 g/mol. The number of halogens is 3. The summed E-state index contributed by atoms with van der Waals surface area (Å²) in [6.07, 6.45) is 1.11. The summed E-state index contributed by atoms with van der Waals surface area (Å²) in [4.78, 5) is 24.2. The molecule has 0 aromatic heterocycles. The van der Waals surface area contributed by atoms with Crippen molar-refractivity contribution in [3.05, 3.63) is 64.7 Å². The number of benzene rings is 2. The molecule has 0 aliphatic heterocycles. The van der Waals surface area contributed by atoms with Gasteiger partial charge in [-0.15, -0.1) is 0 Å². The van der Waals surface area contributed by atoms with Crippen LogP contribution in [0.25, 0.3) is 0 Å². The molecule has 136 valence electrons. The minimum atomic E-state index is -1.03. The number of anilines is 1. The fourth-order valence-corrected chi connectivity index (χ4v) is 2.82. The molecule has 3 rings (SSSR count). The van der Waals surface area contributed by atoms with Crippen molar-refractivity contribution in [2.24, 2.45) is 11.8 Å². The maximum atomic E-state index is 13.2. The Bertz CT molecular complexity index is 827. The second-order valence-electron chi connectivity index (χ2n) is 6.23. The van der Waals surface area contributed by atoms with Crippen LogP contribution < -0.4 is 10.6 Å². The summed E-state index contributed by atoms with van der Waals surface area (Å²) in [5.41, 5.74) is 1.22. The van der Waals surface area contributed by atoms with E-state index in [0.717, 1.165) is 17.7 Å². The molecule has 0 saturated heterocycles. The van der Waals surface area contributed by atoms with Crippen LogP contribution in [0.5, 0.6) is 0 Å². The van der Waals surface area contributed by atoms with Crippen LogP contribution in [0.2, 0.25) is 5.02 Å².